The summed E-state index contributed by atoms with van der Waals surface area (Å²) in [6.07, 6.45) is 1.43. The maximum Gasteiger partial charge on any atom is 0.263 e. The van der Waals surface area contributed by atoms with Crippen molar-refractivity contribution in [2.45, 2.75) is 6.54 Å². The molecule has 0 saturated heterocycles. The number of hydrogen-bond donors (Lipinski definition) is 1. The van der Waals surface area contributed by atoms with Crippen molar-refractivity contribution >= 4 is 28.1 Å². The number of carbonyl (C=O) groups is 1. The molecule has 0 aliphatic carbocycles. The predicted octanol–water partition coefficient (Wildman–Crippen LogP) is 3.51. The zero-order valence-electron chi connectivity index (χ0n) is 15.1. The maximum absolute atomic E-state index is 12.0. The number of carbonyl (C=O) groups excluding carboxylic acids is 1. The van der Waals surface area contributed by atoms with Gasteiger partial charge < -0.3 is 4.42 Å². The molecule has 0 bridgehead atoms. The van der Waals surface area contributed by atoms with Crippen LogP contribution in [0.1, 0.15) is 5.76 Å². The van der Waals surface area contributed by atoms with Crippen LogP contribution < -0.4 is 5.43 Å². The van der Waals surface area contributed by atoms with E-state index in [1.54, 1.807) is 6.07 Å². The lowest BCUT2D eigenvalue weighted by Gasteiger charge is -1.98. The molecule has 0 aliphatic rings. The van der Waals surface area contributed by atoms with Gasteiger partial charge in [-0.25, -0.2) is 5.43 Å². The molecule has 0 radical (unpaired) electrons. The van der Waals surface area contributed by atoms with Crippen molar-refractivity contribution in [1.82, 2.24) is 25.6 Å². The van der Waals surface area contributed by atoms with Crippen LogP contribution in [0.2, 0.25) is 0 Å². The van der Waals surface area contributed by atoms with Gasteiger partial charge in [0, 0.05) is 15.6 Å². The Kier molecular flexibility index (Phi) is 5.57. The minimum atomic E-state index is -0.377. The van der Waals surface area contributed by atoms with Gasteiger partial charge in [-0.3, -0.25) is 4.79 Å². The van der Waals surface area contributed by atoms with Gasteiger partial charge in [-0.15, -0.1) is 10.2 Å². The summed E-state index contributed by atoms with van der Waals surface area (Å²) in [6, 6.07) is 20.8. The van der Waals surface area contributed by atoms with Crippen molar-refractivity contribution in [3.05, 3.63) is 77.0 Å². The van der Waals surface area contributed by atoms with E-state index in [-0.39, 0.29) is 12.5 Å². The molecule has 0 atom stereocenters. The molecule has 1 amide bonds. The highest BCUT2D eigenvalue weighted by Gasteiger charge is 2.08. The van der Waals surface area contributed by atoms with Crippen molar-refractivity contribution in [2.24, 2.45) is 5.10 Å². The number of furan rings is 1. The molecule has 2 heterocycles. The van der Waals surface area contributed by atoms with Crippen molar-refractivity contribution < 1.29 is 9.21 Å². The number of hydrazone groups is 1. The molecule has 0 aliphatic heterocycles. The largest absolute Gasteiger partial charge is 0.455 e. The molecule has 8 nitrogen and oxygen atoms in total. The third kappa shape index (κ3) is 4.82. The number of rotatable bonds is 6. The van der Waals surface area contributed by atoms with Gasteiger partial charge in [0.2, 0.25) is 5.82 Å². The Morgan fingerprint density at radius 3 is 2.66 bits per heavy atom. The van der Waals surface area contributed by atoms with Gasteiger partial charge in [-0.2, -0.15) is 9.90 Å². The lowest BCUT2D eigenvalue weighted by Crippen LogP contribution is -2.24. The number of aromatic nitrogens is 4. The zero-order valence-corrected chi connectivity index (χ0v) is 16.7. The highest BCUT2D eigenvalue weighted by molar-refractivity contribution is 9.10. The van der Waals surface area contributed by atoms with Crippen molar-refractivity contribution in [3.8, 4) is 22.7 Å². The molecule has 0 fully saturated rings. The molecule has 0 spiro atoms. The molecule has 4 rings (SSSR count). The first-order valence-corrected chi connectivity index (χ1v) is 9.47. The second-order valence-electron chi connectivity index (χ2n) is 6.01. The van der Waals surface area contributed by atoms with Crippen LogP contribution in [0.5, 0.6) is 0 Å². The summed E-state index contributed by atoms with van der Waals surface area (Å²) in [7, 11) is 0. The highest BCUT2D eigenvalue weighted by Crippen LogP contribution is 2.23. The quantitative estimate of drug-likeness (QED) is 0.358. The Labute approximate surface area is 174 Å². The summed E-state index contributed by atoms with van der Waals surface area (Å²) in [6.45, 7) is -0.0977. The Hall–Kier alpha value is -3.59. The van der Waals surface area contributed by atoms with Crippen LogP contribution in [-0.4, -0.2) is 32.3 Å². The number of nitrogens with one attached hydrogen (secondary N) is 1. The summed E-state index contributed by atoms with van der Waals surface area (Å²) >= 11 is 3.40. The summed E-state index contributed by atoms with van der Waals surface area (Å²) in [4.78, 5) is 13.2. The van der Waals surface area contributed by atoms with Crippen molar-refractivity contribution in [1.29, 1.82) is 0 Å². The van der Waals surface area contributed by atoms with Gasteiger partial charge in [0.1, 0.15) is 18.1 Å². The SMILES string of the molecule is O=C(Cn1nnc(-c2ccccc2)n1)N/N=C\c1ccc(-c2ccc(Br)cc2)o1. The average molecular weight is 451 g/mol. The third-order valence-corrected chi connectivity index (χ3v) is 4.44. The van der Waals surface area contributed by atoms with Crippen LogP contribution in [0, 0.1) is 0 Å². The third-order valence-electron chi connectivity index (χ3n) is 3.91. The Bertz CT molecular complexity index is 1140. The molecule has 0 unspecified atom stereocenters. The van der Waals surface area contributed by atoms with Crippen LogP contribution in [0.3, 0.4) is 0 Å². The highest BCUT2D eigenvalue weighted by atomic mass is 79.9. The van der Waals surface area contributed by atoms with Gasteiger partial charge in [0.05, 0.1) is 6.21 Å². The fourth-order valence-electron chi connectivity index (χ4n) is 2.54. The van der Waals surface area contributed by atoms with E-state index in [4.69, 9.17) is 4.42 Å². The molecule has 2 aromatic heterocycles. The van der Waals surface area contributed by atoms with Crippen LogP contribution >= 0.6 is 15.9 Å². The van der Waals surface area contributed by atoms with E-state index in [1.165, 1.54) is 11.0 Å². The van der Waals surface area contributed by atoms with Crippen LogP contribution in [0.25, 0.3) is 22.7 Å². The van der Waals surface area contributed by atoms with Gasteiger partial charge in [-0.05, 0) is 29.5 Å². The fourth-order valence-corrected chi connectivity index (χ4v) is 2.80. The number of benzene rings is 2. The number of hydrogen-bond acceptors (Lipinski definition) is 6. The molecule has 9 heteroatoms. The van der Waals surface area contributed by atoms with E-state index >= 15 is 0 Å². The number of nitrogens with zero attached hydrogens (tertiary/aromatic N) is 5. The van der Waals surface area contributed by atoms with E-state index in [1.807, 2.05) is 60.7 Å². The van der Waals surface area contributed by atoms with E-state index in [2.05, 4.69) is 41.9 Å². The summed E-state index contributed by atoms with van der Waals surface area (Å²) in [5.74, 6) is 1.31. The predicted molar refractivity (Wildman–Crippen MR) is 111 cm³/mol. The topological polar surface area (TPSA) is 98.2 Å². The van der Waals surface area contributed by atoms with E-state index in [9.17, 15) is 4.79 Å². The lowest BCUT2D eigenvalue weighted by molar-refractivity contribution is -0.122. The molecule has 2 aromatic carbocycles. The van der Waals surface area contributed by atoms with Crippen molar-refractivity contribution in [3.63, 3.8) is 0 Å². The van der Waals surface area contributed by atoms with E-state index < -0.39 is 0 Å². The summed E-state index contributed by atoms with van der Waals surface area (Å²) in [5.41, 5.74) is 4.20. The first-order valence-electron chi connectivity index (χ1n) is 8.68. The van der Waals surface area contributed by atoms with Crippen molar-refractivity contribution in [2.75, 3.05) is 0 Å². The first kappa shape index (κ1) is 18.8. The normalized spacial score (nSPS) is 11.1. The van der Waals surface area contributed by atoms with E-state index in [0.717, 1.165) is 15.6 Å². The molecule has 0 saturated carbocycles. The second-order valence-corrected chi connectivity index (χ2v) is 6.93. The van der Waals surface area contributed by atoms with Gasteiger partial charge in [-0.1, -0.05) is 58.4 Å². The van der Waals surface area contributed by atoms with E-state index in [0.29, 0.717) is 17.3 Å². The monoisotopic (exact) mass is 450 g/mol. The maximum atomic E-state index is 12.0. The lowest BCUT2D eigenvalue weighted by atomic mass is 10.2. The number of tetrazole rings is 1. The Morgan fingerprint density at radius 1 is 1.07 bits per heavy atom. The minimum Gasteiger partial charge on any atom is -0.455 e. The second kappa shape index (κ2) is 8.61. The first-order chi connectivity index (χ1) is 14.2. The van der Waals surface area contributed by atoms with Gasteiger partial charge in [0.15, 0.2) is 0 Å². The Balaban J connectivity index is 1.32. The standard InChI is InChI=1S/C20H15BrN6O2/c21-16-8-6-14(7-9-16)18-11-10-17(29-18)12-22-23-19(28)13-27-25-20(24-26-27)15-4-2-1-3-5-15/h1-12H,13H2,(H,23,28)/b22-12-. The molecule has 144 valence electrons. The number of amides is 1. The smallest absolute Gasteiger partial charge is 0.263 e. The van der Waals surface area contributed by atoms with Gasteiger partial charge >= 0.3 is 0 Å². The molecular weight excluding hydrogens is 436 g/mol. The van der Waals surface area contributed by atoms with Crippen LogP contribution in [-0.2, 0) is 11.3 Å². The van der Waals surface area contributed by atoms with Crippen LogP contribution in [0.15, 0.2) is 80.7 Å². The Morgan fingerprint density at radius 2 is 1.86 bits per heavy atom. The fraction of sp³-hybridized carbons (Fsp3) is 0.0500. The minimum absolute atomic E-state index is 0.0977. The molecule has 4 aromatic rings. The molecular formula is C20H15BrN6O2. The van der Waals surface area contributed by atoms with Crippen LogP contribution in [0.4, 0.5) is 0 Å². The molecule has 1 N–H and O–H groups in total. The zero-order chi connectivity index (χ0) is 20.1. The van der Waals surface area contributed by atoms with Gasteiger partial charge in [0.25, 0.3) is 5.91 Å². The summed E-state index contributed by atoms with van der Waals surface area (Å²) < 4.78 is 6.70. The number of halogens is 1. The summed E-state index contributed by atoms with van der Waals surface area (Å²) in [5, 5.41) is 15.9. The molecule has 29 heavy (non-hydrogen) atoms. The average Bonchev–Trinajstić information content (AvgIpc) is 3.39.